The maximum atomic E-state index is 11.4. The number of allylic oxidation sites excluding steroid dienone is 2. The van der Waals surface area contributed by atoms with Crippen molar-refractivity contribution in [3.05, 3.63) is 59.2 Å². The Morgan fingerprint density at radius 2 is 1.61 bits per heavy atom. The quantitative estimate of drug-likeness (QED) is 0.488. The highest BCUT2D eigenvalue weighted by atomic mass is 16.3. The molecule has 0 aromatic heterocycles. The second kappa shape index (κ2) is 4.98. The number of ketones is 1. The van der Waals surface area contributed by atoms with E-state index in [0.717, 1.165) is 29.5 Å². The fourth-order valence-corrected chi connectivity index (χ4v) is 3.86. The van der Waals surface area contributed by atoms with Crippen molar-refractivity contribution in [1.82, 2.24) is 0 Å². The molecule has 0 fully saturated rings. The van der Waals surface area contributed by atoms with Crippen LogP contribution in [0.1, 0.15) is 53.1 Å². The van der Waals surface area contributed by atoms with Gasteiger partial charge in [0.05, 0.1) is 0 Å². The van der Waals surface area contributed by atoms with Gasteiger partial charge in [-0.1, -0.05) is 36.4 Å². The van der Waals surface area contributed by atoms with Crippen molar-refractivity contribution in [1.29, 1.82) is 0 Å². The van der Waals surface area contributed by atoms with Crippen molar-refractivity contribution >= 4 is 5.78 Å². The molecule has 0 heterocycles. The predicted octanol–water partition coefficient (Wildman–Crippen LogP) is 4.50. The summed E-state index contributed by atoms with van der Waals surface area (Å²) < 4.78 is 0. The van der Waals surface area contributed by atoms with E-state index in [2.05, 4.69) is 12.2 Å². The number of carbonyl (C=O) groups is 1. The summed E-state index contributed by atoms with van der Waals surface area (Å²) in [6.45, 7) is 1.53. The van der Waals surface area contributed by atoms with Crippen LogP contribution < -0.4 is 0 Å². The van der Waals surface area contributed by atoms with E-state index in [-0.39, 0.29) is 29.1 Å². The van der Waals surface area contributed by atoms with Crippen molar-refractivity contribution in [2.75, 3.05) is 0 Å². The lowest BCUT2D eigenvalue weighted by atomic mass is 9.70. The molecule has 3 aliphatic rings. The first-order valence-corrected chi connectivity index (χ1v) is 7.94. The molecule has 0 radical (unpaired) electrons. The van der Waals surface area contributed by atoms with Crippen LogP contribution in [-0.2, 0) is 0 Å². The minimum absolute atomic E-state index is 0.0107. The van der Waals surface area contributed by atoms with Gasteiger partial charge in [-0.3, -0.25) is 4.79 Å². The fraction of sp³-hybridized carbons (Fsp3) is 0.250. The zero-order valence-corrected chi connectivity index (χ0v) is 12.9. The van der Waals surface area contributed by atoms with Gasteiger partial charge in [-0.05, 0) is 31.4 Å². The van der Waals surface area contributed by atoms with Crippen LogP contribution in [0.3, 0.4) is 0 Å². The highest BCUT2D eigenvalue weighted by molar-refractivity contribution is 5.94. The molecule has 0 saturated heterocycles. The summed E-state index contributed by atoms with van der Waals surface area (Å²) in [5.41, 5.74) is 3.81. The molecule has 2 bridgehead atoms. The molecule has 5 rings (SSSR count). The Hall–Kier alpha value is -2.55. The van der Waals surface area contributed by atoms with E-state index in [4.69, 9.17) is 0 Å². The Labute approximate surface area is 134 Å². The lowest BCUT2D eigenvalue weighted by Crippen LogP contribution is -2.17. The first kappa shape index (κ1) is 14.1. The third-order valence-electron chi connectivity index (χ3n) is 5.07. The van der Waals surface area contributed by atoms with Crippen LogP contribution in [0.2, 0.25) is 0 Å². The van der Waals surface area contributed by atoms with E-state index in [1.165, 1.54) is 6.92 Å². The number of phenols is 2. The predicted molar refractivity (Wildman–Crippen MR) is 89.1 cm³/mol. The minimum atomic E-state index is 0.0107. The molecule has 2 atom stereocenters. The average molecular weight is 306 g/mol. The van der Waals surface area contributed by atoms with E-state index in [9.17, 15) is 15.0 Å². The van der Waals surface area contributed by atoms with Gasteiger partial charge >= 0.3 is 0 Å². The van der Waals surface area contributed by atoms with Gasteiger partial charge < -0.3 is 10.2 Å². The highest BCUT2D eigenvalue weighted by Gasteiger charge is 2.34. The second-order valence-electron chi connectivity index (χ2n) is 6.43. The van der Waals surface area contributed by atoms with E-state index < -0.39 is 0 Å². The number of Topliss-reactive ketones (excluding diaryl/α,β-unsaturated/α-hetero) is 1. The van der Waals surface area contributed by atoms with E-state index in [0.29, 0.717) is 11.1 Å². The summed E-state index contributed by atoms with van der Waals surface area (Å²) in [5.74, 6) is 0.902. The average Bonchev–Trinajstić information content (AvgIpc) is 2.58. The summed E-state index contributed by atoms with van der Waals surface area (Å²) in [5, 5.41) is 21.3. The number of phenolic OH excluding ortho intramolecular Hbond substituents is 2. The number of hydrogen-bond acceptors (Lipinski definition) is 3. The van der Waals surface area contributed by atoms with Gasteiger partial charge in [0.2, 0.25) is 0 Å². The molecule has 0 saturated carbocycles. The summed E-state index contributed by atoms with van der Waals surface area (Å²) in [6, 6.07) is 8.77. The van der Waals surface area contributed by atoms with Crippen molar-refractivity contribution in [3.63, 3.8) is 0 Å². The highest BCUT2D eigenvalue weighted by Crippen LogP contribution is 2.54. The maximum Gasteiger partial charge on any atom is 0.159 e. The summed E-state index contributed by atoms with van der Waals surface area (Å²) in [6.07, 6.45) is 6.30. The van der Waals surface area contributed by atoms with Crippen LogP contribution in [0.15, 0.2) is 42.5 Å². The smallest absolute Gasteiger partial charge is 0.159 e. The number of fused-ring (bicyclic) bond motifs is 1. The van der Waals surface area contributed by atoms with Crippen LogP contribution in [0.25, 0.3) is 11.1 Å². The maximum absolute atomic E-state index is 11.4. The van der Waals surface area contributed by atoms with E-state index in [1.54, 1.807) is 18.2 Å². The normalized spacial score (nSPS) is 21.3. The monoisotopic (exact) mass is 306 g/mol. The molecule has 2 aromatic rings. The molecule has 116 valence electrons. The topological polar surface area (TPSA) is 57.5 Å². The Kier molecular flexibility index (Phi) is 3.05. The second-order valence-corrected chi connectivity index (χ2v) is 6.43. The molecular formula is C20H18O3. The Morgan fingerprint density at radius 1 is 1.00 bits per heavy atom. The standard InChI is InChI=1S/C20H18O3/c1-11(21)12-2-4-13(5-3-12)16-10-17(22)18-14-6-8-15(9-7-14)19(18)20(16)23/h2-6,8,10,14-15,22-23H,7,9H2,1H3. The van der Waals surface area contributed by atoms with Gasteiger partial charge in [-0.25, -0.2) is 0 Å². The molecule has 3 nitrogen and oxygen atoms in total. The van der Waals surface area contributed by atoms with Crippen molar-refractivity contribution in [3.8, 4) is 22.6 Å². The third kappa shape index (κ3) is 2.07. The summed E-state index contributed by atoms with van der Waals surface area (Å²) >= 11 is 0. The van der Waals surface area contributed by atoms with Crippen molar-refractivity contribution < 1.29 is 15.0 Å². The first-order chi connectivity index (χ1) is 11.1. The molecule has 0 spiro atoms. The van der Waals surface area contributed by atoms with Gasteiger partial charge in [0.15, 0.2) is 5.78 Å². The molecule has 0 aliphatic heterocycles. The zero-order valence-electron chi connectivity index (χ0n) is 12.9. The van der Waals surface area contributed by atoms with Crippen molar-refractivity contribution in [2.24, 2.45) is 0 Å². The number of carbonyl (C=O) groups excluding carboxylic acids is 1. The summed E-state index contributed by atoms with van der Waals surface area (Å²) in [4.78, 5) is 11.4. The zero-order chi connectivity index (χ0) is 16.1. The van der Waals surface area contributed by atoms with E-state index >= 15 is 0 Å². The molecule has 0 amide bonds. The van der Waals surface area contributed by atoms with E-state index in [1.807, 2.05) is 12.1 Å². The van der Waals surface area contributed by atoms with Crippen LogP contribution >= 0.6 is 0 Å². The molecule has 2 aromatic carbocycles. The molecule has 23 heavy (non-hydrogen) atoms. The first-order valence-electron chi connectivity index (χ1n) is 7.94. The molecule has 2 unspecified atom stereocenters. The lowest BCUT2D eigenvalue weighted by Gasteiger charge is -2.35. The molecular weight excluding hydrogens is 288 g/mol. The SMILES string of the molecule is CC(=O)c1ccc(-c2cc(O)c3c(c2O)C2C=CC3CC2)cc1. The fourth-order valence-electron chi connectivity index (χ4n) is 3.86. The van der Waals surface area contributed by atoms with Crippen LogP contribution in [-0.4, -0.2) is 16.0 Å². The van der Waals surface area contributed by atoms with Crippen LogP contribution in [0, 0.1) is 0 Å². The van der Waals surface area contributed by atoms with Crippen molar-refractivity contribution in [2.45, 2.75) is 31.6 Å². The van der Waals surface area contributed by atoms with Crippen LogP contribution in [0.5, 0.6) is 11.5 Å². The Balaban J connectivity index is 1.87. The number of hydrogen-bond donors (Lipinski definition) is 2. The summed E-state index contributed by atoms with van der Waals surface area (Å²) in [7, 11) is 0. The van der Waals surface area contributed by atoms with Gasteiger partial charge in [0, 0.05) is 34.1 Å². The van der Waals surface area contributed by atoms with Crippen LogP contribution in [0.4, 0.5) is 0 Å². The van der Waals surface area contributed by atoms with Gasteiger partial charge in [0.25, 0.3) is 0 Å². The Bertz CT molecular complexity index is 831. The molecule has 3 heteroatoms. The van der Waals surface area contributed by atoms with Gasteiger partial charge in [-0.15, -0.1) is 0 Å². The molecule has 2 N–H and O–H groups in total. The lowest BCUT2D eigenvalue weighted by molar-refractivity contribution is 0.101. The number of rotatable bonds is 2. The largest absolute Gasteiger partial charge is 0.508 e. The Morgan fingerprint density at radius 3 is 2.17 bits per heavy atom. The molecule has 3 aliphatic carbocycles. The minimum Gasteiger partial charge on any atom is -0.508 e. The van der Waals surface area contributed by atoms with Gasteiger partial charge in [-0.2, -0.15) is 0 Å². The van der Waals surface area contributed by atoms with Gasteiger partial charge in [0.1, 0.15) is 11.5 Å². The third-order valence-corrected chi connectivity index (χ3v) is 5.07. The number of aromatic hydroxyl groups is 2. The number of benzene rings is 2.